The second-order valence-corrected chi connectivity index (χ2v) is 2.98. The Bertz CT molecular complexity index is 210. The van der Waals surface area contributed by atoms with E-state index < -0.39 is 16.9 Å². The summed E-state index contributed by atoms with van der Waals surface area (Å²) in [5.41, 5.74) is 5.17. The first-order valence-electron chi connectivity index (χ1n) is 3.20. The molecule has 0 saturated heterocycles. The first kappa shape index (κ1) is 8.68. The molecule has 0 aromatic rings. The normalized spacial score (nSPS) is 37.1. The van der Waals surface area contributed by atoms with Gasteiger partial charge in [0.1, 0.15) is 5.83 Å². The quantitative estimate of drug-likeness (QED) is 0.612. The maximum Gasteiger partial charge on any atom is 0.209 e. The van der Waals surface area contributed by atoms with Crippen molar-refractivity contribution in [1.82, 2.24) is 0 Å². The van der Waals surface area contributed by atoms with E-state index in [0.29, 0.717) is 0 Å². The fourth-order valence-electron chi connectivity index (χ4n) is 0.898. The minimum absolute atomic E-state index is 0.00222. The standard InChI is InChI=1S/C7H8ClF2N/c8-7(10)2-1-6(9)3-5(7)4-11/h1-3,5H,4,11H2. The first-order valence-corrected chi connectivity index (χ1v) is 3.58. The van der Waals surface area contributed by atoms with Gasteiger partial charge in [-0.05, 0) is 18.2 Å². The third-order valence-corrected chi connectivity index (χ3v) is 1.98. The van der Waals surface area contributed by atoms with Gasteiger partial charge in [0.25, 0.3) is 0 Å². The van der Waals surface area contributed by atoms with Crippen LogP contribution in [0.25, 0.3) is 0 Å². The van der Waals surface area contributed by atoms with E-state index in [2.05, 4.69) is 0 Å². The van der Waals surface area contributed by atoms with Crippen LogP contribution in [0.4, 0.5) is 8.78 Å². The van der Waals surface area contributed by atoms with Crippen molar-refractivity contribution >= 4 is 11.6 Å². The van der Waals surface area contributed by atoms with Gasteiger partial charge in [-0.2, -0.15) is 0 Å². The summed E-state index contributed by atoms with van der Waals surface area (Å²) in [6.45, 7) is -0.00222. The van der Waals surface area contributed by atoms with Crippen molar-refractivity contribution in [1.29, 1.82) is 0 Å². The van der Waals surface area contributed by atoms with E-state index in [1.807, 2.05) is 0 Å². The number of alkyl halides is 2. The second-order valence-electron chi connectivity index (χ2n) is 2.40. The van der Waals surface area contributed by atoms with Crippen LogP contribution in [-0.4, -0.2) is 11.7 Å². The van der Waals surface area contributed by atoms with Crippen molar-refractivity contribution in [3.63, 3.8) is 0 Å². The minimum atomic E-state index is -2.02. The van der Waals surface area contributed by atoms with E-state index in [9.17, 15) is 8.78 Å². The zero-order valence-electron chi connectivity index (χ0n) is 5.73. The maximum absolute atomic E-state index is 13.1. The molecule has 0 amide bonds. The third kappa shape index (κ3) is 1.79. The van der Waals surface area contributed by atoms with Gasteiger partial charge in [0.15, 0.2) is 0 Å². The van der Waals surface area contributed by atoms with Gasteiger partial charge in [0, 0.05) is 12.5 Å². The lowest BCUT2D eigenvalue weighted by molar-refractivity contribution is 0.268. The van der Waals surface area contributed by atoms with Crippen LogP contribution in [0, 0.1) is 5.92 Å². The molecule has 0 spiro atoms. The molecule has 2 atom stereocenters. The molecule has 0 radical (unpaired) electrons. The molecule has 4 heteroatoms. The second kappa shape index (κ2) is 2.91. The maximum atomic E-state index is 13.1. The summed E-state index contributed by atoms with van der Waals surface area (Å²) in [6, 6.07) is 0. The smallest absolute Gasteiger partial charge is 0.209 e. The number of hydrogen-bond acceptors (Lipinski definition) is 1. The Labute approximate surface area is 68.5 Å². The third-order valence-electron chi connectivity index (χ3n) is 1.57. The molecule has 0 bridgehead atoms. The zero-order valence-corrected chi connectivity index (χ0v) is 6.48. The summed E-state index contributed by atoms with van der Waals surface area (Å²) in [5.74, 6) is -1.26. The fraction of sp³-hybridized carbons (Fsp3) is 0.429. The molecule has 0 aromatic carbocycles. The molecule has 0 aromatic heterocycles. The zero-order chi connectivity index (χ0) is 8.48. The van der Waals surface area contributed by atoms with E-state index in [4.69, 9.17) is 17.3 Å². The largest absolute Gasteiger partial charge is 0.330 e. The highest BCUT2D eigenvalue weighted by Gasteiger charge is 2.34. The molecule has 0 fully saturated rings. The molecule has 1 rings (SSSR count). The summed E-state index contributed by atoms with van der Waals surface area (Å²) in [5, 5.41) is -2.02. The molecule has 11 heavy (non-hydrogen) atoms. The van der Waals surface area contributed by atoms with Crippen LogP contribution in [-0.2, 0) is 0 Å². The molecule has 2 unspecified atom stereocenters. The molecule has 1 aliphatic rings. The van der Waals surface area contributed by atoms with Gasteiger partial charge in [-0.15, -0.1) is 0 Å². The van der Waals surface area contributed by atoms with Crippen molar-refractivity contribution in [2.75, 3.05) is 6.54 Å². The predicted molar refractivity (Wildman–Crippen MR) is 40.6 cm³/mol. The Morgan fingerprint density at radius 1 is 1.73 bits per heavy atom. The topological polar surface area (TPSA) is 26.0 Å². The van der Waals surface area contributed by atoms with Crippen LogP contribution in [0.3, 0.4) is 0 Å². The Morgan fingerprint density at radius 3 is 2.82 bits per heavy atom. The van der Waals surface area contributed by atoms with Crippen molar-refractivity contribution in [3.8, 4) is 0 Å². The van der Waals surface area contributed by atoms with Crippen molar-refractivity contribution in [3.05, 3.63) is 24.1 Å². The molecule has 0 aliphatic heterocycles. The van der Waals surface area contributed by atoms with Gasteiger partial charge in [-0.25, -0.2) is 8.78 Å². The summed E-state index contributed by atoms with van der Waals surface area (Å²) < 4.78 is 25.6. The Morgan fingerprint density at radius 2 is 2.36 bits per heavy atom. The fourth-order valence-corrected chi connectivity index (χ4v) is 1.11. The van der Waals surface area contributed by atoms with Gasteiger partial charge < -0.3 is 5.73 Å². The van der Waals surface area contributed by atoms with Gasteiger partial charge >= 0.3 is 0 Å². The highest BCUT2D eigenvalue weighted by molar-refractivity contribution is 6.24. The van der Waals surface area contributed by atoms with E-state index >= 15 is 0 Å². The first-order chi connectivity index (χ1) is 5.06. The number of hydrogen-bond donors (Lipinski definition) is 1. The van der Waals surface area contributed by atoms with E-state index in [0.717, 1.165) is 18.2 Å². The Kier molecular flexibility index (Phi) is 2.30. The summed E-state index contributed by atoms with van der Waals surface area (Å²) in [6.07, 6.45) is 3.06. The molecule has 1 aliphatic carbocycles. The molecule has 0 heterocycles. The number of allylic oxidation sites excluding steroid dienone is 3. The lowest BCUT2D eigenvalue weighted by atomic mass is 9.98. The van der Waals surface area contributed by atoms with Crippen LogP contribution >= 0.6 is 11.6 Å². The number of halogens is 3. The van der Waals surface area contributed by atoms with Gasteiger partial charge in [-0.3, -0.25) is 0 Å². The van der Waals surface area contributed by atoms with Crippen LogP contribution in [0.2, 0.25) is 0 Å². The van der Waals surface area contributed by atoms with E-state index in [1.54, 1.807) is 0 Å². The number of rotatable bonds is 1. The van der Waals surface area contributed by atoms with Crippen molar-refractivity contribution in [2.24, 2.45) is 11.7 Å². The van der Waals surface area contributed by atoms with Crippen LogP contribution in [0.1, 0.15) is 0 Å². The van der Waals surface area contributed by atoms with Crippen LogP contribution in [0.15, 0.2) is 24.1 Å². The molecule has 2 N–H and O–H groups in total. The highest BCUT2D eigenvalue weighted by atomic mass is 35.5. The van der Waals surface area contributed by atoms with Gasteiger partial charge in [0.2, 0.25) is 5.13 Å². The molecular weight excluding hydrogens is 172 g/mol. The Hall–Kier alpha value is -0.410. The predicted octanol–water partition coefficient (Wildman–Crippen LogP) is 1.89. The lowest BCUT2D eigenvalue weighted by Crippen LogP contribution is -2.31. The molecule has 62 valence electrons. The minimum Gasteiger partial charge on any atom is -0.330 e. The number of nitrogens with two attached hydrogens (primary N) is 1. The summed E-state index contributed by atoms with van der Waals surface area (Å²) in [7, 11) is 0. The van der Waals surface area contributed by atoms with E-state index in [1.165, 1.54) is 0 Å². The van der Waals surface area contributed by atoms with Crippen LogP contribution < -0.4 is 5.73 Å². The van der Waals surface area contributed by atoms with E-state index in [-0.39, 0.29) is 6.54 Å². The lowest BCUT2D eigenvalue weighted by Gasteiger charge is -2.23. The average molecular weight is 180 g/mol. The Balaban J connectivity index is 2.84. The highest BCUT2D eigenvalue weighted by Crippen LogP contribution is 2.34. The van der Waals surface area contributed by atoms with Crippen LogP contribution in [0.5, 0.6) is 0 Å². The molecular formula is C7H8ClF2N. The SMILES string of the molecule is NCC1C=C(F)C=CC1(F)Cl. The van der Waals surface area contributed by atoms with Crippen molar-refractivity contribution < 1.29 is 8.78 Å². The monoisotopic (exact) mass is 179 g/mol. The molecule has 1 nitrogen and oxygen atoms in total. The van der Waals surface area contributed by atoms with Crippen molar-refractivity contribution in [2.45, 2.75) is 5.13 Å². The average Bonchev–Trinajstić information content (AvgIpc) is 1.94. The summed E-state index contributed by atoms with van der Waals surface area (Å²) in [4.78, 5) is 0. The van der Waals surface area contributed by atoms with Gasteiger partial charge in [-0.1, -0.05) is 11.6 Å². The van der Waals surface area contributed by atoms with Gasteiger partial charge in [0.05, 0.1) is 0 Å². The summed E-state index contributed by atoms with van der Waals surface area (Å²) >= 11 is 5.36. The molecule has 0 saturated carbocycles.